The van der Waals surface area contributed by atoms with Crippen molar-refractivity contribution in [2.45, 2.75) is 18.4 Å². The lowest BCUT2D eigenvalue weighted by Gasteiger charge is -2.25. The molecular weight excluding hydrogens is 234 g/mol. The van der Waals surface area contributed by atoms with Gasteiger partial charge in [0.05, 0.1) is 11.6 Å². The first-order valence-corrected chi connectivity index (χ1v) is 8.37. The van der Waals surface area contributed by atoms with Crippen molar-refractivity contribution in [3.05, 3.63) is 72.7 Å². The maximum Gasteiger partial charge on any atom is 0.142 e. The molecule has 0 aliphatic carbocycles. The van der Waals surface area contributed by atoms with Gasteiger partial charge in [-0.3, -0.25) is 0 Å². The maximum absolute atomic E-state index is 9.37. The van der Waals surface area contributed by atoms with Crippen molar-refractivity contribution in [1.82, 2.24) is 0 Å². The predicted molar refractivity (Wildman–Crippen MR) is 80.5 cm³/mol. The van der Waals surface area contributed by atoms with Crippen LogP contribution in [0.5, 0.6) is 0 Å². The van der Waals surface area contributed by atoms with E-state index >= 15 is 0 Å². The van der Waals surface area contributed by atoms with Crippen LogP contribution in [0.1, 0.15) is 12.0 Å². The molecule has 0 spiro atoms. The lowest BCUT2D eigenvalue weighted by Crippen LogP contribution is -2.33. The summed E-state index contributed by atoms with van der Waals surface area (Å²) >= 11 is 0. The van der Waals surface area contributed by atoms with Crippen molar-refractivity contribution in [2.75, 3.05) is 0 Å². The van der Waals surface area contributed by atoms with Crippen LogP contribution in [0.3, 0.4) is 0 Å². The zero-order valence-corrected chi connectivity index (χ0v) is 11.7. The minimum Gasteiger partial charge on any atom is -0.198 e. The van der Waals surface area contributed by atoms with Gasteiger partial charge >= 0.3 is 0 Å². The quantitative estimate of drug-likeness (QED) is 0.670. The molecule has 0 aliphatic heterocycles. The van der Waals surface area contributed by atoms with Gasteiger partial charge in [-0.15, -0.1) is 19.7 Å². The SMILES string of the molecule is C=C[Si](C=C)(C=C)C(C#N)CCc1ccccc1. The van der Waals surface area contributed by atoms with E-state index in [1.165, 1.54) is 5.56 Å². The summed E-state index contributed by atoms with van der Waals surface area (Å²) in [6.45, 7) is 11.6. The topological polar surface area (TPSA) is 23.8 Å². The number of rotatable bonds is 7. The van der Waals surface area contributed by atoms with Crippen molar-refractivity contribution in [1.29, 1.82) is 5.26 Å². The Balaban J connectivity index is 2.80. The molecule has 1 rings (SSSR count). The Morgan fingerprint density at radius 2 is 1.67 bits per heavy atom. The second-order valence-corrected chi connectivity index (χ2v) is 8.24. The first-order valence-electron chi connectivity index (χ1n) is 6.06. The smallest absolute Gasteiger partial charge is 0.142 e. The Kier molecular flexibility index (Phi) is 5.35. The molecule has 1 aromatic rings. The monoisotopic (exact) mass is 253 g/mol. The molecule has 92 valence electrons. The molecule has 2 heteroatoms. The third-order valence-corrected chi connectivity index (χ3v) is 7.13. The van der Waals surface area contributed by atoms with E-state index in [2.05, 4.69) is 37.9 Å². The van der Waals surface area contributed by atoms with Gasteiger partial charge in [0.1, 0.15) is 8.07 Å². The van der Waals surface area contributed by atoms with E-state index in [0.717, 1.165) is 12.8 Å². The van der Waals surface area contributed by atoms with Crippen molar-refractivity contribution in [3.63, 3.8) is 0 Å². The van der Waals surface area contributed by atoms with E-state index in [4.69, 9.17) is 0 Å². The molecule has 1 unspecified atom stereocenters. The maximum atomic E-state index is 9.37. The van der Waals surface area contributed by atoms with Crippen LogP contribution < -0.4 is 0 Å². The number of hydrogen-bond donors (Lipinski definition) is 0. The van der Waals surface area contributed by atoms with Crippen LogP contribution >= 0.6 is 0 Å². The summed E-state index contributed by atoms with van der Waals surface area (Å²) in [5, 5.41) is 9.37. The summed E-state index contributed by atoms with van der Waals surface area (Å²) in [5.74, 6) is 0. The molecule has 0 aromatic heterocycles. The summed E-state index contributed by atoms with van der Waals surface area (Å²) < 4.78 is 0. The Bertz CT molecular complexity index is 434. The zero-order chi connectivity index (χ0) is 13.4. The Morgan fingerprint density at radius 1 is 1.11 bits per heavy atom. The normalized spacial score (nSPS) is 12.2. The molecule has 0 radical (unpaired) electrons. The van der Waals surface area contributed by atoms with E-state index in [9.17, 15) is 5.26 Å². The van der Waals surface area contributed by atoms with Crippen LogP contribution in [0.2, 0.25) is 5.54 Å². The standard InChI is InChI=1S/C16H19NSi/c1-4-18(5-2,6-3)16(14-17)13-12-15-10-8-7-9-11-15/h4-11,16H,1-3,12-13H2. The van der Waals surface area contributed by atoms with Gasteiger partial charge in [-0.2, -0.15) is 5.26 Å². The lowest BCUT2D eigenvalue weighted by molar-refractivity contribution is 0.832. The van der Waals surface area contributed by atoms with E-state index in [1.807, 2.05) is 35.3 Å². The highest BCUT2D eigenvalue weighted by Gasteiger charge is 2.32. The van der Waals surface area contributed by atoms with E-state index in [1.54, 1.807) is 0 Å². The third-order valence-electron chi connectivity index (χ3n) is 3.38. The average molecular weight is 253 g/mol. The molecule has 0 aliphatic rings. The van der Waals surface area contributed by atoms with Crippen LogP contribution in [0.15, 0.2) is 67.2 Å². The van der Waals surface area contributed by atoms with E-state index in [0.29, 0.717) is 0 Å². The fourth-order valence-corrected chi connectivity index (χ4v) is 4.28. The highest BCUT2D eigenvalue weighted by molar-refractivity contribution is 6.94. The largest absolute Gasteiger partial charge is 0.198 e. The van der Waals surface area contributed by atoms with Gasteiger partial charge in [0.25, 0.3) is 0 Å². The van der Waals surface area contributed by atoms with Crippen LogP contribution in [-0.4, -0.2) is 8.07 Å². The van der Waals surface area contributed by atoms with Crippen LogP contribution in [0.4, 0.5) is 0 Å². The van der Waals surface area contributed by atoms with Gasteiger partial charge in [0.15, 0.2) is 0 Å². The number of benzene rings is 1. The number of hydrogen-bond acceptors (Lipinski definition) is 1. The van der Waals surface area contributed by atoms with Gasteiger partial charge < -0.3 is 0 Å². The second-order valence-electron chi connectivity index (χ2n) is 4.32. The molecule has 0 N–H and O–H groups in total. The van der Waals surface area contributed by atoms with Gasteiger partial charge in [-0.25, -0.2) is 0 Å². The second kappa shape index (κ2) is 6.78. The molecular formula is C16H19NSi. The Hall–Kier alpha value is -1.85. The summed E-state index contributed by atoms with van der Waals surface area (Å²) in [4.78, 5) is 0. The minimum absolute atomic E-state index is 0.0368. The molecule has 0 bridgehead atoms. The summed E-state index contributed by atoms with van der Waals surface area (Å²) in [7, 11) is -2.07. The van der Waals surface area contributed by atoms with Crippen LogP contribution in [0.25, 0.3) is 0 Å². The molecule has 1 nitrogen and oxygen atoms in total. The molecule has 0 saturated heterocycles. The number of aryl methyl sites for hydroxylation is 1. The lowest BCUT2D eigenvalue weighted by atomic mass is 10.1. The summed E-state index contributed by atoms with van der Waals surface area (Å²) in [6, 6.07) is 12.6. The van der Waals surface area contributed by atoms with E-state index in [-0.39, 0.29) is 5.54 Å². The molecule has 0 saturated carbocycles. The van der Waals surface area contributed by atoms with Gasteiger partial charge in [-0.1, -0.05) is 47.4 Å². The average Bonchev–Trinajstić information content (AvgIpc) is 2.45. The van der Waals surface area contributed by atoms with Crippen molar-refractivity contribution < 1.29 is 0 Å². The first kappa shape index (κ1) is 14.2. The van der Waals surface area contributed by atoms with Crippen molar-refractivity contribution in [2.24, 2.45) is 0 Å². The molecule has 18 heavy (non-hydrogen) atoms. The highest BCUT2D eigenvalue weighted by atomic mass is 28.3. The molecule has 0 fully saturated rings. The summed E-state index contributed by atoms with van der Waals surface area (Å²) in [6.07, 6.45) is 1.74. The summed E-state index contributed by atoms with van der Waals surface area (Å²) in [5.41, 5.74) is 6.91. The Labute approximate surface area is 111 Å². The Morgan fingerprint density at radius 3 is 2.11 bits per heavy atom. The van der Waals surface area contributed by atoms with Gasteiger partial charge in [0.2, 0.25) is 0 Å². The van der Waals surface area contributed by atoms with Gasteiger partial charge in [-0.05, 0) is 18.4 Å². The minimum atomic E-state index is -2.07. The molecule has 0 heterocycles. The van der Waals surface area contributed by atoms with Crippen molar-refractivity contribution >= 4 is 8.07 Å². The first-order chi connectivity index (χ1) is 8.72. The fraction of sp³-hybridized carbons (Fsp3) is 0.188. The van der Waals surface area contributed by atoms with Crippen LogP contribution in [-0.2, 0) is 6.42 Å². The number of nitrogens with zero attached hydrogens (tertiary/aromatic N) is 1. The van der Waals surface area contributed by atoms with Crippen LogP contribution in [0, 0.1) is 11.3 Å². The highest BCUT2D eigenvalue weighted by Crippen LogP contribution is 2.29. The predicted octanol–water partition coefficient (Wildman–Crippen LogP) is 4.14. The number of nitriles is 1. The molecule has 0 amide bonds. The third kappa shape index (κ3) is 3.09. The van der Waals surface area contributed by atoms with Gasteiger partial charge in [0, 0.05) is 0 Å². The zero-order valence-electron chi connectivity index (χ0n) is 10.7. The molecule has 1 aromatic carbocycles. The van der Waals surface area contributed by atoms with Crippen molar-refractivity contribution in [3.8, 4) is 6.07 Å². The van der Waals surface area contributed by atoms with E-state index < -0.39 is 8.07 Å². The molecule has 1 atom stereocenters. The fourth-order valence-electron chi connectivity index (χ4n) is 2.06.